The molecular formula is C14H11N3O3S. The summed E-state index contributed by atoms with van der Waals surface area (Å²) in [5, 5.41) is 1.72. The van der Waals surface area contributed by atoms with Gasteiger partial charge in [0.25, 0.3) is 11.8 Å². The van der Waals surface area contributed by atoms with Crippen molar-refractivity contribution >= 4 is 39.6 Å². The zero-order valence-electron chi connectivity index (χ0n) is 10.8. The Morgan fingerprint density at radius 2 is 1.81 bits per heavy atom. The molecule has 0 saturated carbocycles. The summed E-state index contributed by atoms with van der Waals surface area (Å²) in [6.07, 6.45) is 1.58. The lowest BCUT2D eigenvalue weighted by Gasteiger charge is -1.98. The monoisotopic (exact) mass is 301 g/mol. The Bertz CT molecular complexity index is 879. The summed E-state index contributed by atoms with van der Waals surface area (Å²) < 4.78 is 5.54. The Balaban J connectivity index is 2.31. The van der Waals surface area contributed by atoms with Gasteiger partial charge in [-0.15, -0.1) is 11.3 Å². The number of hydrogen-bond donors (Lipinski definition) is 3. The number of carbonyl (C=O) groups excluding carboxylic acids is 2. The van der Waals surface area contributed by atoms with Crippen LogP contribution in [0.5, 0.6) is 0 Å². The molecule has 0 bridgehead atoms. The molecule has 2 aromatic heterocycles. The third-order valence-electron chi connectivity index (χ3n) is 3.13. The van der Waals surface area contributed by atoms with Crippen LogP contribution >= 0.6 is 11.3 Å². The number of hydrogen-bond acceptors (Lipinski definition) is 5. The van der Waals surface area contributed by atoms with E-state index < -0.39 is 11.8 Å². The molecule has 0 unspecified atom stereocenters. The zero-order chi connectivity index (χ0) is 15.1. The van der Waals surface area contributed by atoms with Crippen LogP contribution in [-0.4, -0.2) is 11.8 Å². The number of anilines is 1. The van der Waals surface area contributed by atoms with Crippen LogP contribution in [0.3, 0.4) is 0 Å². The molecule has 0 spiro atoms. The lowest BCUT2D eigenvalue weighted by atomic mass is 10.1. The average Bonchev–Trinajstić information content (AvgIpc) is 2.99. The fraction of sp³-hybridized carbons (Fsp3) is 0. The maximum absolute atomic E-state index is 11.5. The summed E-state index contributed by atoms with van der Waals surface area (Å²) in [5.41, 5.74) is 16.6. The van der Waals surface area contributed by atoms with Crippen molar-refractivity contribution in [3.63, 3.8) is 0 Å². The molecule has 21 heavy (non-hydrogen) atoms. The van der Waals surface area contributed by atoms with Crippen molar-refractivity contribution in [3.05, 3.63) is 41.0 Å². The van der Waals surface area contributed by atoms with Crippen LogP contribution in [0.1, 0.15) is 20.0 Å². The van der Waals surface area contributed by atoms with Gasteiger partial charge in [0.15, 0.2) is 5.76 Å². The summed E-state index contributed by atoms with van der Waals surface area (Å²) in [6, 6.07) is 7.48. The SMILES string of the molecule is NC(=O)c1sc(-c2occ3ccccc23)c(N)c1C(N)=O. The topological polar surface area (TPSA) is 125 Å². The first-order valence-corrected chi connectivity index (χ1v) is 6.80. The number of amides is 2. The first kappa shape index (κ1) is 13.2. The predicted octanol–water partition coefficient (Wildman–Crippen LogP) is 1.94. The van der Waals surface area contributed by atoms with Crippen molar-refractivity contribution < 1.29 is 14.0 Å². The van der Waals surface area contributed by atoms with E-state index in [0.717, 1.165) is 22.1 Å². The fourth-order valence-corrected chi connectivity index (χ4v) is 3.28. The minimum atomic E-state index is -0.792. The first-order valence-electron chi connectivity index (χ1n) is 5.99. The minimum absolute atomic E-state index is 0.0375. The van der Waals surface area contributed by atoms with Gasteiger partial charge in [-0.1, -0.05) is 24.3 Å². The van der Waals surface area contributed by atoms with E-state index in [9.17, 15) is 9.59 Å². The molecule has 2 heterocycles. The number of nitrogens with two attached hydrogens (primary N) is 3. The smallest absolute Gasteiger partial charge is 0.259 e. The van der Waals surface area contributed by atoms with Gasteiger partial charge in [-0.3, -0.25) is 9.59 Å². The molecule has 0 aliphatic rings. The van der Waals surface area contributed by atoms with Crippen LogP contribution in [0, 0.1) is 0 Å². The van der Waals surface area contributed by atoms with E-state index in [1.54, 1.807) is 6.26 Å². The van der Waals surface area contributed by atoms with Crippen molar-refractivity contribution in [1.29, 1.82) is 0 Å². The largest absolute Gasteiger partial charge is 0.462 e. The fourth-order valence-electron chi connectivity index (χ4n) is 2.20. The number of furan rings is 1. The standard InChI is InChI=1S/C14H11N3O3S/c15-9-8(13(16)18)11(14(17)19)21-12(9)10-7-4-2-1-3-6(7)5-20-10/h1-5H,15H2,(H2,16,18)(H2,17,19). The molecule has 7 heteroatoms. The number of rotatable bonds is 3. The van der Waals surface area contributed by atoms with Gasteiger partial charge >= 0.3 is 0 Å². The van der Waals surface area contributed by atoms with Crippen LogP contribution in [0.2, 0.25) is 0 Å². The zero-order valence-corrected chi connectivity index (χ0v) is 11.6. The Hall–Kier alpha value is -2.80. The molecule has 0 fully saturated rings. The van der Waals surface area contributed by atoms with Gasteiger partial charge in [-0.05, 0) is 0 Å². The van der Waals surface area contributed by atoms with Crippen LogP contribution in [0.15, 0.2) is 34.9 Å². The second-order valence-corrected chi connectivity index (χ2v) is 5.45. The van der Waals surface area contributed by atoms with Crippen LogP contribution in [0.25, 0.3) is 21.4 Å². The van der Waals surface area contributed by atoms with Gasteiger partial charge in [0.05, 0.1) is 22.4 Å². The highest BCUT2D eigenvalue weighted by Crippen LogP contribution is 2.42. The normalized spacial score (nSPS) is 10.9. The molecule has 2 amide bonds. The van der Waals surface area contributed by atoms with Gasteiger partial charge in [0.1, 0.15) is 4.88 Å². The Morgan fingerprint density at radius 3 is 2.43 bits per heavy atom. The number of carbonyl (C=O) groups is 2. The molecule has 0 atom stereocenters. The van der Waals surface area contributed by atoms with Crippen molar-refractivity contribution in [2.45, 2.75) is 0 Å². The van der Waals surface area contributed by atoms with E-state index in [-0.39, 0.29) is 16.1 Å². The predicted molar refractivity (Wildman–Crippen MR) is 81.0 cm³/mol. The van der Waals surface area contributed by atoms with Gasteiger partial charge in [0.2, 0.25) is 0 Å². The maximum Gasteiger partial charge on any atom is 0.259 e. The molecule has 3 rings (SSSR count). The molecule has 0 aliphatic carbocycles. The molecule has 106 valence electrons. The van der Waals surface area contributed by atoms with Crippen molar-refractivity contribution in [2.75, 3.05) is 5.73 Å². The molecule has 0 saturated heterocycles. The number of benzene rings is 1. The van der Waals surface area contributed by atoms with E-state index in [1.807, 2.05) is 24.3 Å². The second kappa shape index (κ2) is 4.64. The van der Waals surface area contributed by atoms with E-state index in [2.05, 4.69) is 0 Å². The Morgan fingerprint density at radius 1 is 1.10 bits per heavy atom. The highest BCUT2D eigenvalue weighted by molar-refractivity contribution is 7.18. The van der Waals surface area contributed by atoms with E-state index in [1.165, 1.54) is 0 Å². The van der Waals surface area contributed by atoms with Crippen LogP contribution in [-0.2, 0) is 0 Å². The van der Waals surface area contributed by atoms with Crippen LogP contribution in [0.4, 0.5) is 5.69 Å². The van der Waals surface area contributed by atoms with Crippen LogP contribution < -0.4 is 17.2 Å². The highest BCUT2D eigenvalue weighted by atomic mass is 32.1. The Kier molecular flexibility index (Phi) is 2.91. The Labute approximate surface area is 123 Å². The number of thiophene rings is 1. The summed E-state index contributed by atoms with van der Waals surface area (Å²) in [6.45, 7) is 0. The molecule has 3 aromatic rings. The number of fused-ring (bicyclic) bond motifs is 1. The molecule has 0 aliphatic heterocycles. The van der Waals surface area contributed by atoms with Gasteiger partial charge in [0, 0.05) is 10.8 Å². The molecule has 6 nitrogen and oxygen atoms in total. The summed E-state index contributed by atoms with van der Waals surface area (Å²) >= 11 is 1.00. The third-order valence-corrected chi connectivity index (χ3v) is 4.35. The molecule has 1 aromatic carbocycles. The molecular weight excluding hydrogens is 290 g/mol. The third kappa shape index (κ3) is 1.95. The second-order valence-electron chi connectivity index (χ2n) is 4.43. The van der Waals surface area contributed by atoms with Gasteiger partial charge in [-0.25, -0.2) is 0 Å². The highest BCUT2D eigenvalue weighted by Gasteiger charge is 2.26. The lowest BCUT2D eigenvalue weighted by Crippen LogP contribution is -2.19. The van der Waals surface area contributed by atoms with E-state index in [4.69, 9.17) is 21.6 Å². The summed E-state index contributed by atoms with van der Waals surface area (Å²) in [7, 11) is 0. The van der Waals surface area contributed by atoms with Gasteiger partial charge in [-0.2, -0.15) is 0 Å². The van der Waals surface area contributed by atoms with Gasteiger partial charge < -0.3 is 21.6 Å². The van der Waals surface area contributed by atoms with Crippen molar-refractivity contribution in [3.8, 4) is 10.6 Å². The maximum atomic E-state index is 11.5. The summed E-state index contributed by atoms with van der Waals surface area (Å²) in [5.74, 6) is -1.05. The molecule has 0 radical (unpaired) electrons. The van der Waals surface area contributed by atoms with E-state index >= 15 is 0 Å². The molecule has 6 N–H and O–H groups in total. The summed E-state index contributed by atoms with van der Waals surface area (Å²) in [4.78, 5) is 23.5. The number of primary amides is 2. The van der Waals surface area contributed by atoms with Crippen molar-refractivity contribution in [2.24, 2.45) is 11.5 Å². The minimum Gasteiger partial charge on any atom is -0.462 e. The van der Waals surface area contributed by atoms with Crippen molar-refractivity contribution in [1.82, 2.24) is 0 Å². The lowest BCUT2D eigenvalue weighted by molar-refractivity contribution is 0.0971. The van der Waals surface area contributed by atoms with E-state index in [0.29, 0.717) is 10.6 Å². The average molecular weight is 301 g/mol. The quantitative estimate of drug-likeness (QED) is 0.683. The first-order chi connectivity index (χ1) is 10.0. The number of nitrogen functional groups attached to an aromatic ring is 1.